The molecule has 0 aliphatic rings. The highest BCUT2D eigenvalue weighted by molar-refractivity contribution is 6.08. The number of esters is 1. The SMILES string of the molecule is CCOC(=O)c1c[nH]c2ncnc(-c3ccc4nnn(C)c4c3)c12. The molecule has 0 saturated carbocycles. The van der Waals surface area contributed by atoms with Gasteiger partial charge in [0.05, 0.1) is 28.8 Å². The van der Waals surface area contributed by atoms with Crippen LogP contribution in [0.15, 0.2) is 30.7 Å². The first-order valence-electron chi connectivity index (χ1n) is 7.48. The number of hydrogen-bond donors (Lipinski definition) is 1. The molecule has 0 spiro atoms. The van der Waals surface area contributed by atoms with Gasteiger partial charge in [-0.05, 0) is 19.1 Å². The molecule has 0 atom stereocenters. The number of aryl methyl sites for hydroxylation is 1. The van der Waals surface area contributed by atoms with Crippen LogP contribution >= 0.6 is 0 Å². The van der Waals surface area contributed by atoms with Crippen LogP contribution in [-0.4, -0.2) is 42.5 Å². The average Bonchev–Trinajstić information content (AvgIpc) is 3.19. The maximum Gasteiger partial charge on any atom is 0.340 e. The van der Waals surface area contributed by atoms with E-state index in [1.54, 1.807) is 17.8 Å². The van der Waals surface area contributed by atoms with Crippen molar-refractivity contribution in [3.8, 4) is 11.3 Å². The molecular weight excluding hydrogens is 308 g/mol. The van der Waals surface area contributed by atoms with Crippen molar-refractivity contribution in [3.63, 3.8) is 0 Å². The topological polar surface area (TPSA) is 98.6 Å². The third-order valence-electron chi connectivity index (χ3n) is 3.85. The third-order valence-corrected chi connectivity index (χ3v) is 3.85. The fraction of sp³-hybridized carbons (Fsp3) is 0.188. The minimum atomic E-state index is -0.400. The summed E-state index contributed by atoms with van der Waals surface area (Å²) in [6, 6.07) is 5.72. The van der Waals surface area contributed by atoms with Crippen LogP contribution in [0.4, 0.5) is 0 Å². The van der Waals surface area contributed by atoms with E-state index in [9.17, 15) is 4.79 Å². The highest BCUT2D eigenvalue weighted by atomic mass is 16.5. The van der Waals surface area contributed by atoms with Crippen molar-refractivity contribution in [1.29, 1.82) is 0 Å². The molecule has 4 aromatic rings. The van der Waals surface area contributed by atoms with Crippen molar-refractivity contribution in [3.05, 3.63) is 36.3 Å². The largest absolute Gasteiger partial charge is 0.462 e. The lowest BCUT2D eigenvalue weighted by molar-refractivity contribution is 0.0528. The molecular formula is C16H14N6O2. The lowest BCUT2D eigenvalue weighted by Gasteiger charge is -2.05. The Hall–Kier alpha value is -3.29. The van der Waals surface area contributed by atoms with Gasteiger partial charge < -0.3 is 9.72 Å². The Bertz CT molecular complexity index is 1060. The molecule has 0 aliphatic heterocycles. The molecule has 0 fully saturated rings. The summed E-state index contributed by atoms with van der Waals surface area (Å²) in [5.41, 5.74) is 4.20. The van der Waals surface area contributed by atoms with Crippen LogP contribution < -0.4 is 0 Å². The fourth-order valence-corrected chi connectivity index (χ4v) is 2.73. The molecule has 0 amide bonds. The number of benzene rings is 1. The van der Waals surface area contributed by atoms with Crippen LogP contribution in [0, 0.1) is 0 Å². The Kier molecular flexibility index (Phi) is 3.23. The van der Waals surface area contributed by atoms with Crippen LogP contribution in [0.3, 0.4) is 0 Å². The number of nitrogens with one attached hydrogen (secondary N) is 1. The zero-order chi connectivity index (χ0) is 16.7. The minimum Gasteiger partial charge on any atom is -0.462 e. The van der Waals surface area contributed by atoms with Gasteiger partial charge in [0.15, 0.2) is 0 Å². The Balaban J connectivity index is 1.96. The molecule has 0 saturated heterocycles. The lowest BCUT2D eigenvalue weighted by Crippen LogP contribution is -2.04. The maximum absolute atomic E-state index is 12.2. The van der Waals surface area contributed by atoms with Crippen LogP contribution in [0.1, 0.15) is 17.3 Å². The van der Waals surface area contributed by atoms with Crippen LogP contribution in [0.5, 0.6) is 0 Å². The van der Waals surface area contributed by atoms with Crippen LogP contribution in [0.25, 0.3) is 33.3 Å². The summed E-state index contributed by atoms with van der Waals surface area (Å²) < 4.78 is 6.82. The van der Waals surface area contributed by atoms with Gasteiger partial charge in [-0.25, -0.2) is 19.4 Å². The number of fused-ring (bicyclic) bond motifs is 2. The molecule has 4 rings (SSSR count). The van der Waals surface area contributed by atoms with E-state index in [1.807, 2.05) is 25.2 Å². The van der Waals surface area contributed by atoms with Gasteiger partial charge in [-0.3, -0.25) is 0 Å². The molecule has 3 heterocycles. The zero-order valence-electron chi connectivity index (χ0n) is 13.1. The minimum absolute atomic E-state index is 0.307. The predicted molar refractivity (Wildman–Crippen MR) is 87.3 cm³/mol. The van der Waals surface area contributed by atoms with E-state index in [2.05, 4.69) is 25.3 Å². The summed E-state index contributed by atoms with van der Waals surface area (Å²) in [6.45, 7) is 2.08. The monoisotopic (exact) mass is 322 g/mol. The number of aromatic amines is 1. The number of aromatic nitrogens is 6. The van der Waals surface area contributed by atoms with Crippen molar-refractivity contribution < 1.29 is 9.53 Å². The first-order chi connectivity index (χ1) is 11.7. The molecule has 0 bridgehead atoms. The van der Waals surface area contributed by atoms with E-state index in [1.165, 1.54) is 6.33 Å². The fourth-order valence-electron chi connectivity index (χ4n) is 2.73. The second-order valence-electron chi connectivity index (χ2n) is 5.29. The van der Waals surface area contributed by atoms with Gasteiger partial charge in [0, 0.05) is 18.8 Å². The number of hydrogen-bond acceptors (Lipinski definition) is 6. The van der Waals surface area contributed by atoms with E-state index in [0.29, 0.717) is 28.9 Å². The smallest absolute Gasteiger partial charge is 0.340 e. The van der Waals surface area contributed by atoms with Crippen molar-refractivity contribution >= 4 is 28.0 Å². The molecule has 0 unspecified atom stereocenters. The first kappa shape index (κ1) is 14.3. The Morgan fingerprint density at radius 3 is 3.04 bits per heavy atom. The van der Waals surface area contributed by atoms with Gasteiger partial charge >= 0.3 is 5.97 Å². The summed E-state index contributed by atoms with van der Waals surface area (Å²) in [6.07, 6.45) is 3.07. The summed E-state index contributed by atoms with van der Waals surface area (Å²) in [5, 5.41) is 8.73. The summed E-state index contributed by atoms with van der Waals surface area (Å²) in [4.78, 5) is 23.8. The normalized spacial score (nSPS) is 11.2. The number of rotatable bonds is 3. The van der Waals surface area contributed by atoms with Crippen molar-refractivity contribution in [2.24, 2.45) is 7.05 Å². The average molecular weight is 322 g/mol. The summed E-state index contributed by atoms with van der Waals surface area (Å²) in [5.74, 6) is -0.400. The van der Waals surface area contributed by atoms with Crippen LogP contribution in [-0.2, 0) is 11.8 Å². The molecule has 8 heteroatoms. The Morgan fingerprint density at radius 1 is 1.33 bits per heavy atom. The van der Waals surface area contributed by atoms with E-state index in [4.69, 9.17) is 4.74 Å². The predicted octanol–water partition coefficient (Wildman–Crippen LogP) is 2.08. The molecule has 24 heavy (non-hydrogen) atoms. The number of H-pyrrole nitrogens is 1. The highest BCUT2D eigenvalue weighted by Gasteiger charge is 2.19. The molecule has 8 nitrogen and oxygen atoms in total. The Labute approximate surface area is 136 Å². The van der Waals surface area contributed by atoms with Crippen molar-refractivity contribution in [2.75, 3.05) is 6.61 Å². The molecule has 120 valence electrons. The van der Waals surface area contributed by atoms with Crippen LogP contribution in [0.2, 0.25) is 0 Å². The molecule has 3 aromatic heterocycles. The Morgan fingerprint density at radius 2 is 2.21 bits per heavy atom. The highest BCUT2D eigenvalue weighted by Crippen LogP contribution is 2.30. The van der Waals surface area contributed by atoms with Crippen molar-refractivity contribution in [1.82, 2.24) is 29.9 Å². The van der Waals surface area contributed by atoms with Gasteiger partial charge in [-0.15, -0.1) is 5.10 Å². The zero-order valence-corrected chi connectivity index (χ0v) is 13.1. The molecule has 1 aromatic carbocycles. The number of carbonyl (C=O) groups is 1. The van der Waals surface area contributed by atoms with Crippen molar-refractivity contribution in [2.45, 2.75) is 6.92 Å². The second kappa shape index (κ2) is 5.41. The molecule has 0 radical (unpaired) electrons. The number of carbonyl (C=O) groups excluding carboxylic acids is 1. The first-order valence-corrected chi connectivity index (χ1v) is 7.48. The second-order valence-corrected chi connectivity index (χ2v) is 5.29. The maximum atomic E-state index is 12.2. The van der Waals surface area contributed by atoms with Gasteiger partial charge in [0.1, 0.15) is 17.5 Å². The van der Waals surface area contributed by atoms with Gasteiger partial charge in [-0.1, -0.05) is 11.3 Å². The van der Waals surface area contributed by atoms with Gasteiger partial charge in [0.2, 0.25) is 0 Å². The van der Waals surface area contributed by atoms with Gasteiger partial charge in [-0.2, -0.15) is 0 Å². The lowest BCUT2D eigenvalue weighted by atomic mass is 10.1. The standard InChI is InChI=1S/C16H14N6O2/c1-3-24-16(23)10-7-17-15-13(10)14(18-8-19-15)9-4-5-11-12(6-9)22(2)21-20-11/h4-8H,3H2,1-2H3,(H,17,18,19). The molecule has 1 N–H and O–H groups in total. The number of nitrogens with zero attached hydrogens (tertiary/aromatic N) is 5. The van der Waals surface area contributed by atoms with Gasteiger partial charge in [0.25, 0.3) is 0 Å². The summed E-state index contributed by atoms with van der Waals surface area (Å²) >= 11 is 0. The number of ether oxygens (including phenoxy) is 1. The van der Waals surface area contributed by atoms with E-state index in [0.717, 1.165) is 16.6 Å². The van der Waals surface area contributed by atoms with E-state index >= 15 is 0 Å². The van der Waals surface area contributed by atoms with E-state index < -0.39 is 5.97 Å². The molecule has 0 aliphatic carbocycles. The third kappa shape index (κ3) is 2.11. The quantitative estimate of drug-likeness (QED) is 0.580. The summed E-state index contributed by atoms with van der Waals surface area (Å²) in [7, 11) is 1.83. The van der Waals surface area contributed by atoms with E-state index in [-0.39, 0.29) is 0 Å².